The summed E-state index contributed by atoms with van der Waals surface area (Å²) < 4.78 is 11.8. The molecule has 0 atom stereocenters. The van der Waals surface area contributed by atoms with Gasteiger partial charge in [0.25, 0.3) is 5.91 Å². The maximum Gasteiger partial charge on any atom is 0.269 e. The third-order valence-corrected chi connectivity index (χ3v) is 3.76. The lowest BCUT2D eigenvalue weighted by Crippen LogP contribution is -2.23. The highest BCUT2D eigenvalue weighted by molar-refractivity contribution is 5.92. The Labute approximate surface area is 152 Å². The number of nitrogens with one attached hydrogen (secondary N) is 2. The van der Waals surface area contributed by atoms with E-state index in [9.17, 15) is 4.79 Å². The molecule has 3 aromatic heterocycles. The number of rotatable bonds is 6. The normalized spacial score (nSPS) is 10.7. The standard InChI is InChI=1S/C16H14N8O3/c1-26-12-4-2-10(3-5-12)14-6-11(21-27-14)8-17-16(25)13-7-15(20-19-13)24-9-18-22-23-24/h2-7,9H,8H2,1H3,(H,17,25)(H,19,20). The Balaban J connectivity index is 1.39. The smallest absolute Gasteiger partial charge is 0.269 e. The number of nitrogens with zero attached hydrogens (tertiary/aromatic N) is 6. The topological polar surface area (TPSA) is 137 Å². The van der Waals surface area contributed by atoms with E-state index in [0.717, 1.165) is 11.3 Å². The number of ether oxygens (including phenoxy) is 1. The molecule has 4 rings (SSSR count). The molecule has 0 unspecified atom stereocenters. The molecule has 0 spiro atoms. The van der Waals surface area contributed by atoms with Gasteiger partial charge in [0.1, 0.15) is 23.5 Å². The first-order valence-electron chi connectivity index (χ1n) is 7.90. The Hall–Kier alpha value is -4.02. The van der Waals surface area contributed by atoms with Crippen LogP contribution in [0.3, 0.4) is 0 Å². The lowest BCUT2D eigenvalue weighted by atomic mass is 10.1. The van der Waals surface area contributed by atoms with E-state index in [4.69, 9.17) is 9.26 Å². The maximum absolute atomic E-state index is 12.2. The van der Waals surface area contributed by atoms with Crippen molar-refractivity contribution < 1.29 is 14.1 Å². The number of aromatic amines is 1. The zero-order valence-electron chi connectivity index (χ0n) is 14.2. The molecule has 2 N–H and O–H groups in total. The number of hydrogen-bond donors (Lipinski definition) is 2. The van der Waals surface area contributed by atoms with Crippen molar-refractivity contribution >= 4 is 5.91 Å². The van der Waals surface area contributed by atoms with Crippen molar-refractivity contribution in [2.45, 2.75) is 6.54 Å². The molecule has 0 fully saturated rings. The summed E-state index contributed by atoms with van der Waals surface area (Å²) in [6.45, 7) is 0.206. The minimum atomic E-state index is -0.337. The third kappa shape index (κ3) is 3.51. The molecule has 0 radical (unpaired) electrons. The highest BCUT2D eigenvalue weighted by atomic mass is 16.5. The Morgan fingerprint density at radius 2 is 2.15 bits per heavy atom. The van der Waals surface area contributed by atoms with E-state index in [2.05, 4.69) is 36.2 Å². The highest BCUT2D eigenvalue weighted by Crippen LogP contribution is 2.23. The van der Waals surface area contributed by atoms with E-state index >= 15 is 0 Å². The van der Waals surface area contributed by atoms with E-state index < -0.39 is 0 Å². The zero-order valence-corrected chi connectivity index (χ0v) is 14.2. The van der Waals surface area contributed by atoms with E-state index in [1.165, 1.54) is 17.1 Å². The Morgan fingerprint density at radius 3 is 2.89 bits per heavy atom. The molecule has 11 heteroatoms. The number of H-pyrrole nitrogens is 1. The van der Waals surface area contributed by atoms with Crippen LogP contribution in [0.4, 0.5) is 0 Å². The summed E-state index contributed by atoms with van der Waals surface area (Å²) in [5.74, 6) is 1.43. The molecule has 136 valence electrons. The number of tetrazole rings is 1. The molecule has 0 aliphatic carbocycles. The van der Waals surface area contributed by atoms with Crippen molar-refractivity contribution in [1.29, 1.82) is 0 Å². The number of carbonyl (C=O) groups is 1. The average Bonchev–Trinajstić information content (AvgIpc) is 3.47. The number of aromatic nitrogens is 7. The fourth-order valence-corrected chi connectivity index (χ4v) is 2.36. The number of amides is 1. The van der Waals surface area contributed by atoms with Crippen molar-refractivity contribution in [3.05, 3.63) is 54.1 Å². The van der Waals surface area contributed by atoms with Crippen molar-refractivity contribution in [1.82, 2.24) is 40.9 Å². The fraction of sp³-hybridized carbons (Fsp3) is 0.125. The van der Waals surface area contributed by atoms with Crippen LogP contribution in [0.25, 0.3) is 17.1 Å². The molecular formula is C16H14N8O3. The molecule has 0 saturated heterocycles. The highest BCUT2D eigenvalue weighted by Gasteiger charge is 2.13. The van der Waals surface area contributed by atoms with Crippen molar-refractivity contribution in [2.24, 2.45) is 0 Å². The first-order valence-corrected chi connectivity index (χ1v) is 7.90. The van der Waals surface area contributed by atoms with Gasteiger partial charge in [0.05, 0.1) is 13.7 Å². The summed E-state index contributed by atoms with van der Waals surface area (Å²) in [7, 11) is 1.61. The van der Waals surface area contributed by atoms with Crippen LogP contribution in [0.5, 0.6) is 5.75 Å². The van der Waals surface area contributed by atoms with Crippen LogP contribution in [0.15, 0.2) is 47.2 Å². The predicted octanol–water partition coefficient (Wildman–Crippen LogP) is 0.979. The van der Waals surface area contributed by atoms with E-state index in [0.29, 0.717) is 17.3 Å². The van der Waals surface area contributed by atoms with Gasteiger partial charge in [-0.15, -0.1) is 5.10 Å². The molecule has 0 bridgehead atoms. The summed E-state index contributed by atoms with van der Waals surface area (Å²) in [5.41, 5.74) is 1.73. The van der Waals surface area contributed by atoms with Crippen LogP contribution in [-0.4, -0.2) is 48.6 Å². The first kappa shape index (κ1) is 16.4. The minimum absolute atomic E-state index is 0.206. The van der Waals surface area contributed by atoms with Gasteiger partial charge in [-0.2, -0.15) is 9.78 Å². The van der Waals surface area contributed by atoms with E-state index in [1.807, 2.05) is 24.3 Å². The number of methoxy groups -OCH3 is 1. The largest absolute Gasteiger partial charge is 0.497 e. The zero-order chi connectivity index (χ0) is 18.6. The SMILES string of the molecule is COc1ccc(-c2cc(CNC(=O)c3cc(-n4cnnn4)n[nH]3)no2)cc1. The molecule has 3 heterocycles. The second kappa shape index (κ2) is 7.07. The van der Waals surface area contributed by atoms with Crippen LogP contribution in [0, 0.1) is 0 Å². The monoisotopic (exact) mass is 366 g/mol. The molecule has 1 aromatic carbocycles. The van der Waals surface area contributed by atoms with Gasteiger partial charge < -0.3 is 14.6 Å². The molecule has 1 amide bonds. The first-order chi connectivity index (χ1) is 13.2. The summed E-state index contributed by atoms with van der Waals surface area (Å²) >= 11 is 0. The average molecular weight is 366 g/mol. The lowest BCUT2D eigenvalue weighted by Gasteiger charge is -2.00. The Bertz CT molecular complexity index is 1040. The van der Waals surface area contributed by atoms with Crippen LogP contribution in [0.1, 0.15) is 16.2 Å². The predicted molar refractivity (Wildman–Crippen MR) is 91.0 cm³/mol. The Morgan fingerprint density at radius 1 is 1.30 bits per heavy atom. The quantitative estimate of drug-likeness (QED) is 0.515. The van der Waals surface area contributed by atoms with Crippen LogP contribution < -0.4 is 10.1 Å². The molecule has 4 aromatic rings. The molecule has 27 heavy (non-hydrogen) atoms. The molecular weight excluding hydrogens is 352 g/mol. The summed E-state index contributed by atoms with van der Waals surface area (Å²) in [6.07, 6.45) is 1.38. The van der Waals surface area contributed by atoms with Crippen molar-refractivity contribution in [3.8, 4) is 22.9 Å². The van der Waals surface area contributed by atoms with Crippen molar-refractivity contribution in [3.63, 3.8) is 0 Å². The van der Waals surface area contributed by atoms with E-state index in [-0.39, 0.29) is 18.1 Å². The van der Waals surface area contributed by atoms with Gasteiger partial charge in [-0.3, -0.25) is 9.89 Å². The number of benzene rings is 1. The number of hydrogen-bond acceptors (Lipinski definition) is 8. The second-order valence-electron chi connectivity index (χ2n) is 5.49. The van der Waals surface area contributed by atoms with Gasteiger partial charge in [0, 0.05) is 17.7 Å². The number of carbonyl (C=O) groups excluding carboxylic acids is 1. The summed E-state index contributed by atoms with van der Waals surface area (Å²) in [4.78, 5) is 12.2. The molecule has 11 nitrogen and oxygen atoms in total. The summed E-state index contributed by atoms with van der Waals surface area (Å²) in [5, 5.41) is 24.1. The lowest BCUT2D eigenvalue weighted by molar-refractivity contribution is 0.0945. The fourth-order valence-electron chi connectivity index (χ4n) is 2.36. The maximum atomic E-state index is 12.2. The van der Waals surface area contributed by atoms with Crippen LogP contribution >= 0.6 is 0 Å². The minimum Gasteiger partial charge on any atom is -0.497 e. The van der Waals surface area contributed by atoms with Gasteiger partial charge in [-0.25, -0.2) is 0 Å². The molecule has 0 saturated carbocycles. The summed E-state index contributed by atoms with van der Waals surface area (Å²) in [6, 6.07) is 10.7. The second-order valence-corrected chi connectivity index (χ2v) is 5.49. The van der Waals surface area contributed by atoms with Gasteiger partial charge in [0.15, 0.2) is 11.6 Å². The Kier molecular flexibility index (Phi) is 4.31. The van der Waals surface area contributed by atoms with Crippen molar-refractivity contribution in [2.75, 3.05) is 7.11 Å². The van der Waals surface area contributed by atoms with Gasteiger partial charge in [-0.05, 0) is 34.7 Å². The van der Waals surface area contributed by atoms with Gasteiger partial charge >= 0.3 is 0 Å². The van der Waals surface area contributed by atoms with E-state index in [1.54, 1.807) is 13.2 Å². The van der Waals surface area contributed by atoms with Crippen LogP contribution in [0.2, 0.25) is 0 Å². The van der Waals surface area contributed by atoms with Gasteiger partial charge in [-0.1, -0.05) is 5.16 Å². The third-order valence-electron chi connectivity index (χ3n) is 3.76. The van der Waals surface area contributed by atoms with Crippen LogP contribution in [-0.2, 0) is 6.54 Å². The molecule has 0 aliphatic rings. The van der Waals surface area contributed by atoms with Gasteiger partial charge in [0.2, 0.25) is 0 Å². The molecule has 0 aliphatic heterocycles.